The first-order valence-corrected chi connectivity index (χ1v) is 15.6. The molecule has 2 amide bonds. The predicted molar refractivity (Wildman–Crippen MR) is 171 cm³/mol. The molecule has 45 heavy (non-hydrogen) atoms. The first-order chi connectivity index (χ1) is 21.7. The van der Waals surface area contributed by atoms with Gasteiger partial charge in [0.25, 0.3) is 5.91 Å². The molecule has 2 aromatic carbocycles. The minimum atomic E-state index is -1.90. The zero-order chi connectivity index (χ0) is 31.3. The molecule has 9 nitrogen and oxygen atoms in total. The van der Waals surface area contributed by atoms with Crippen molar-refractivity contribution in [2.45, 2.75) is 62.8 Å². The predicted octanol–water partition coefficient (Wildman–Crippen LogP) is 4.68. The number of fused-ring (bicyclic) bond motifs is 1. The highest BCUT2D eigenvalue weighted by Gasteiger charge is 2.52. The number of nitrogens with zero attached hydrogens (tertiary/aromatic N) is 4. The summed E-state index contributed by atoms with van der Waals surface area (Å²) in [4.78, 5) is 33.5. The number of aliphatic hydroxyl groups is 1. The van der Waals surface area contributed by atoms with Crippen LogP contribution in [0.1, 0.15) is 48.3 Å². The van der Waals surface area contributed by atoms with E-state index in [9.17, 15) is 19.1 Å². The molecule has 3 aliphatic rings. The Hall–Kier alpha value is -4.57. The van der Waals surface area contributed by atoms with Crippen LogP contribution in [-0.2, 0) is 23.1 Å². The van der Waals surface area contributed by atoms with E-state index in [-0.39, 0.29) is 30.8 Å². The Kier molecular flexibility index (Phi) is 7.40. The Labute approximate surface area is 261 Å². The number of hydrogen-bond donors (Lipinski definition) is 3. The maximum absolute atomic E-state index is 14.9. The number of hydrogen-bond acceptors (Lipinski definition) is 6. The van der Waals surface area contributed by atoms with Gasteiger partial charge in [-0.3, -0.25) is 14.3 Å². The van der Waals surface area contributed by atoms with E-state index in [0.29, 0.717) is 18.7 Å². The summed E-state index contributed by atoms with van der Waals surface area (Å²) in [7, 11) is 1.89. The van der Waals surface area contributed by atoms with Crippen molar-refractivity contribution in [3.05, 3.63) is 83.7 Å². The fourth-order valence-corrected chi connectivity index (χ4v) is 6.73. The third kappa shape index (κ3) is 5.70. The van der Waals surface area contributed by atoms with Gasteiger partial charge in [-0.1, -0.05) is 30.3 Å². The Morgan fingerprint density at radius 3 is 2.49 bits per heavy atom. The molecule has 2 aromatic heterocycles. The van der Waals surface area contributed by atoms with Gasteiger partial charge < -0.3 is 20.6 Å². The molecule has 0 spiro atoms. The van der Waals surface area contributed by atoms with Crippen LogP contribution in [0.4, 0.5) is 15.9 Å². The standard InChI is InChI=1S/C35H37FN6O3/c1-21-19-38-41(2)32(21)23-5-8-26(9-6-23)39-33(44)31(40-34(45)35(36)13-14-35)28-10-7-22-3-4-24(17-29(22)28)25-11-15-37-30(18-25)42-16-12-27(43)20-42/h3-6,8-9,11,15,17-19,27-28,31,43H,7,10,12-14,16,20H2,1-2H3,(H,39,44)(H,40,45)/t27-,28+,31?/m0/s1. The van der Waals surface area contributed by atoms with Crippen molar-refractivity contribution in [3.63, 3.8) is 0 Å². The summed E-state index contributed by atoms with van der Waals surface area (Å²) < 4.78 is 16.7. The number of rotatable bonds is 8. The smallest absolute Gasteiger partial charge is 0.258 e. The van der Waals surface area contributed by atoms with Gasteiger partial charge in [0.05, 0.1) is 18.0 Å². The Morgan fingerprint density at radius 2 is 1.80 bits per heavy atom. The number of aryl methyl sites for hydroxylation is 3. The number of carbonyl (C=O) groups excluding carboxylic acids is 2. The van der Waals surface area contributed by atoms with Crippen LogP contribution in [0.3, 0.4) is 0 Å². The van der Waals surface area contributed by atoms with Gasteiger partial charge in [-0.25, -0.2) is 9.37 Å². The van der Waals surface area contributed by atoms with E-state index in [1.807, 2.05) is 61.2 Å². The van der Waals surface area contributed by atoms with Crippen LogP contribution in [0.25, 0.3) is 22.4 Å². The summed E-state index contributed by atoms with van der Waals surface area (Å²) in [6.45, 7) is 3.31. The quantitative estimate of drug-likeness (QED) is 0.268. The first kappa shape index (κ1) is 29.2. The molecule has 3 N–H and O–H groups in total. The molecule has 0 bridgehead atoms. The number of pyridine rings is 1. The SMILES string of the molecule is Cc1cnn(C)c1-c1ccc(NC(=O)C(NC(=O)C2(F)CC2)[C@@H]2CCc3ccc(-c4ccnc(N5CC[C@H](O)C5)c4)cc32)cc1. The largest absolute Gasteiger partial charge is 0.391 e. The number of aromatic nitrogens is 3. The summed E-state index contributed by atoms with van der Waals surface area (Å²) in [6, 6.07) is 16.8. The number of β-amino-alcohol motifs (C(OH)–C–C–N with tert-alkyl or cyclic N) is 1. The van der Waals surface area contributed by atoms with E-state index in [1.54, 1.807) is 6.20 Å². The Bertz CT molecular complexity index is 1750. The fourth-order valence-electron chi connectivity index (χ4n) is 6.73. The second-order valence-corrected chi connectivity index (χ2v) is 12.6. The molecule has 2 fully saturated rings. The molecule has 2 aliphatic carbocycles. The molecule has 1 saturated carbocycles. The Morgan fingerprint density at radius 1 is 1.04 bits per heavy atom. The Balaban J connectivity index is 1.16. The number of aliphatic hydroxyl groups excluding tert-OH is 1. The topological polar surface area (TPSA) is 112 Å². The average molecular weight is 609 g/mol. The van der Waals surface area contributed by atoms with E-state index in [1.165, 1.54) is 0 Å². The molecule has 10 heteroatoms. The van der Waals surface area contributed by atoms with Gasteiger partial charge in [-0.15, -0.1) is 0 Å². The second kappa shape index (κ2) is 11.4. The molecular weight excluding hydrogens is 571 g/mol. The van der Waals surface area contributed by atoms with Gasteiger partial charge in [0.2, 0.25) is 5.91 Å². The number of carbonyl (C=O) groups is 2. The third-order valence-corrected chi connectivity index (χ3v) is 9.45. The first-order valence-electron chi connectivity index (χ1n) is 15.6. The van der Waals surface area contributed by atoms with Crippen LogP contribution in [0.2, 0.25) is 0 Å². The van der Waals surface area contributed by atoms with Gasteiger partial charge in [0.15, 0.2) is 5.67 Å². The molecule has 1 unspecified atom stereocenters. The number of anilines is 2. The van der Waals surface area contributed by atoms with Crippen molar-refractivity contribution in [1.82, 2.24) is 20.1 Å². The van der Waals surface area contributed by atoms with Crippen LogP contribution in [0, 0.1) is 6.92 Å². The summed E-state index contributed by atoms with van der Waals surface area (Å²) in [6.07, 6.45) is 5.71. The van der Waals surface area contributed by atoms with Crippen molar-refractivity contribution >= 4 is 23.3 Å². The number of nitrogens with one attached hydrogen (secondary N) is 2. The minimum absolute atomic E-state index is 0.173. The maximum atomic E-state index is 14.9. The molecule has 4 aromatic rings. The molecule has 3 heterocycles. The van der Waals surface area contributed by atoms with Crippen molar-refractivity contribution in [2.24, 2.45) is 7.05 Å². The number of benzene rings is 2. The van der Waals surface area contributed by atoms with E-state index < -0.39 is 17.6 Å². The summed E-state index contributed by atoms with van der Waals surface area (Å²) in [5.41, 5.74) is 5.75. The summed E-state index contributed by atoms with van der Waals surface area (Å²) >= 11 is 0. The van der Waals surface area contributed by atoms with E-state index in [0.717, 1.165) is 64.3 Å². The number of amides is 2. The lowest BCUT2D eigenvalue weighted by atomic mass is 9.90. The zero-order valence-corrected chi connectivity index (χ0v) is 25.5. The molecule has 1 saturated heterocycles. The highest BCUT2D eigenvalue weighted by atomic mass is 19.1. The van der Waals surface area contributed by atoms with Crippen molar-refractivity contribution in [1.29, 1.82) is 0 Å². The highest BCUT2D eigenvalue weighted by molar-refractivity contribution is 6.00. The summed E-state index contributed by atoms with van der Waals surface area (Å²) in [5, 5.41) is 20.1. The van der Waals surface area contributed by atoms with Gasteiger partial charge >= 0.3 is 0 Å². The third-order valence-electron chi connectivity index (χ3n) is 9.45. The van der Waals surface area contributed by atoms with E-state index in [4.69, 9.17) is 0 Å². The van der Waals surface area contributed by atoms with Crippen LogP contribution in [0.5, 0.6) is 0 Å². The minimum Gasteiger partial charge on any atom is -0.391 e. The van der Waals surface area contributed by atoms with Crippen molar-refractivity contribution in [3.8, 4) is 22.4 Å². The maximum Gasteiger partial charge on any atom is 0.258 e. The molecule has 232 valence electrons. The van der Waals surface area contributed by atoms with Crippen LogP contribution < -0.4 is 15.5 Å². The summed E-state index contributed by atoms with van der Waals surface area (Å²) in [5.74, 6) is -0.606. The van der Waals surface area contributed by atoms with Crippen molar-refractivity contribution < 1.29 is 19.1 Å². The molecule has 7 rings (SSSR count). The number of alkyl halides is 1. The zero-order valence-electron chi connectivity index (χ0n) is 25.5. The van der Waals surface area contributed by atoms with Gasteiger partial charge in [-0.05, 0) is 91.1 Å². The molecule has 1 aliphatic heterocycles. The van der Waals surface area contributed by atoms with Crippen LogP contribution in [0.15, 0.2) is 67.0 Å². The lowest BCUT2D eigenvalue weighted by Gasteiger charge is -2.26. The fraction of sp³-hybridized carbons (Fsp3) is 0.371. The molecule has 0 radical (unpaired) electrons. The average Bonchev–Trinajstić information content (AvgIpc) is 3.31. The van der Waals surface area contributed by atoms with Crippen molar-refractivity contribution in [2.75, 3.05) is 23.3 Å². The molecular formula is C35H37FN6O3. The van der Waals surface area contributed by atoms with Crippen LogP contribution in [-0.4, -0.2) is 62.6 Å². The van der Waals surface area contributed by atoms with E-state index in [2.05, 4.69) is 43.8 Å². The van der Waals surface area contributed by atoms with E-state index >= 15 is 0 Å². The van der Waals surface area contributed by atoms with Gasteiger partial charge in [0.1, 0.15) is 11.9 Å². The number of halogens is 1. The lowest BCUT2D eigenvalue weighted by molar-refractivity contribution is -0.131. The van der Waals surface area contributed by atoms with Gasteiger partial charge in [-0.2, -0.15) is 5.10 Å². The second-order valence-electron chi connectivity index (χ2n) is 12.6. The molecule has 3 atom stereocenters. The monoisotopic (exact) mass is 608 g/mol. The normalized spacial score (nSPS) is 20.5. The van der Waals surface area contributed by atoms with Gasteiger partial charge in [0, 0.05) is 43.5 Å². The van der Waals surface area contributed by atoms with Crippen LogP contribution >= 0.6 is 0 Å². The highest BCUT2D eigenvalue weighted by Crippen LogP contribution is 2.42. The lowest BCUT2D eigenvalue weighted by Crippen LogP contribution is -2.50.